The molecule has 43 heavy (non-hydrogen) atoms. The highest BCUT2D eigenvalue weighted by molar-refractivity contribution is 5.95. The summed E-state index contributed by atoms with van der Waals surface area (Å²) in [5.74, 6) is 1.43. The van der Waals surface area contributed by atoms with Crippen molar-refractivity contribution in [2.45, 2.75) is 57.9 Å². The van der Waals surface area contributed by atoms with Gasteiger partial charge in [-0.25, -0.2) is 4.68 Å². The molecule has 3 aliphatic rings. The lowest BCUT2D eigenvalue weighted by atomic mass is 9.75. The molecule has 1 spiro atoms. The molecule has 228 valence electrons. The van der Waals surface area contributed by atoms with E-state index >= 15 is 0 Å². The second kappa shape index (κ2) is 12.8. The smallest absolute Gasteiger partial charge is 0.276 e. The largest absolute Gasteiger partial charge is 0.497 e. The van der Waals surface area contributed by atoms with Gasteiger partial charge in [0.25, 0.3) is 11.8 Å². The highest BCUT2D eigenvalue weighted by atomic mass is 16.5. The Kier molecular flexibility index (Phi) is 8.65. The molecule has 0 saturated carbocycles. The van der Waals surface area contributed by atoms with Gasteiger partial charge in [0.05, 0.1) is 37.7 Å². The van der Waals surface area contributed by atoms with Gasteiger partial charge < -0.3 is 24.0 Å². The number of rotatable bonds is 3. The minimum atomic E-state index is -0.0923. The van der Waals surface area contributed by atoms with E-state index in [1.165, 1.54) is 0 Å². The fourth-order valence-corrected chi connectivity index (χ4v) is 6.62. The van der Waals surface area contributed by atoms with Crippen molar-refractivity contribution in [2.75, 3.05) is 46.6 Å². The van der Waals surface area contributed by atoms with Crippen LogP contribution in [-0.2, 0) is 4.74 Å². The Labute approximate surface area is 252 Å². The molecule has 2 aromatic carbocycles. The Bertz CT molecular complexity index is 1430. The van der Waals surface area contributed by atoms with Crippen LogP contribution in [0.15, 0.2) is 48.5 Å². The van der Waals surface area contributed by atoms with Crippen LogP contribution in [0.3, 0.4) is 0 Å². The molecule has 0 radical (unpaired) electrons. The van der Waals surface area contributed by atoms with Crippen molar-refractivity contribution < 1.29 is 23.8 Å². The predicted molar refractivity (Wildman–Crippen MR) is 161 cm³/mol. The average Bonchev–Trinajstić information content (AvgIpc) is 3.67. The lowest BCUT2D eigenvalue weighted by Crippen LogP contribution is -2.45. The van der Waals surface area contributed by atoms with Gasteiger partial charge in [-0.05, 0) is 87.9 Å². The van der Waals surface area contributed by atoms with Crippen LogP contribution >= 0.6 is 0 Å². The maximum Gasteiger partial charge on any atom is 0.276 e. The Morgan fingerprint density at radius 3 is 2.63 bits per heavy atom. The highest BCUT2D eigenvalue weighted by Crippen LogP contribution is 2.38. The molecule has 0 unspecified atom stereocenters. The number of ether oxygens (including phenoxy) is 3. The molecule has 6 rings (SSSR count). The first-order valence-electron chi connectivity index (χ1n) is 15.4. The minimum absolute atomic E-state index is 0.0483. The molecule has 3 aromatic rings. The first-order chi connectivity index (χ1) is 21.0. The molecule has 2 bridgehead atoms. The van der Waals surface area contributed by atoms with Crippen molar-refractivity contribution >= 4 is 11.8 Å². The average molecular weight is 588 g/mol. The molecule has 0 aliphatic carbocycles. The van der Waals surface area contributed by atoms with Crippen LogP contribution in [0.5, 0.6) is 11.5 Å². The van der Waals surface area contributed by atoms with Gasteiger partial charge in [0.15, 0.2) is 5.69 Å². The van der Waals surface area contributed by atoms with Crippen molar-refractivity contribution in [3.05, 3.63) is 65.5 Å². The number of piperidine rings is 1. The van der Waals surface area contributed by atoms with Crippen LogP contribution in [0.4, 0.5) is 0 Å². The molecule has 4 heterocycles. The molecule has 10 nitrogen and oxygen atoms in total. The third kappa shape index (κ3) is 6.25. The number of benzene rings is 2. The summed E-state index contributed by atoms with van der Waals surface area (Å²) in [6.45, 7) is 5.73. The van der Waals surface area contributed by atoms with Gasteiger partial charge in [0.1, 0.15) is 11.5 Å². The molecule has 2 saturated heterocycles. The quantitative estimate of drug-likeness (QED) is 0.438. The fraction of sp³-hybridized carbons (Fsp3) is 0.515. The fourth-order valence-electron chi connectivity index (χ4n) is 6.62. The summed E-state index contributed by atoms with van der Waals surface area (Å²) in [7, 11) is 1.63. The zero-order chi connectivity index (χ0) is 29.8. The molecule has 3 aliphatic heterocycles. The van der Waals surface area contributed by atoms with Crippen LogP contribution in [0.1, 0.15) is 71.5 Å². The van der Waals surface area contributed by atoms with Crippen molar-refractivity contribution in [3.8, 4) is 17.2 Å². The van der Waals surface area contributed by atoms with E-state index in [4.69, 9.17) is 14.2 Å². The topological polar surface area (TPSA) is 99.0 Å². The standard InChI is InChI=1S/C33H41N5O5/c1-24-30(34-35-38(24)26-10-12-28(41-2)13-11-26)32(40)36-18-15-33(16-19-36)14-3-4-20-42-22-27-8-6-17-37(27)31(39)25-7-5-9-29(21-25)43-23-33/h5,7,9-13,21,27H,3-4,6,8,14-20,22-23H2,1-2H3/t27-/m0/s1. The first kappa shape index (κ1) is 29.2. The van der Waals surface area contributed by atoms with Gasteiger partial charge in [-0.1, -0.05) is 17.7 Å². The van der Waals surface area contributed by atoms with Gasteiger partial charge in [0.2, 0.25) is 0 Å². The van der Waals surface area contributed by atoms with Crippen LogP contribution in [0.2, 0.25) is 0 Å². The predicted octanol–water partition coefficient (Wildman–Crippen LogP) is 4.69. The number of carbonyl (C=O) groups is 2. The Balaban J connectivity index is 1.14. The van der Waals surface area contributed by atoms with E-state index in [1.807, 2.05) is 65.3 Å². The summed E-state index contributed by atoms with van der Waals surface area (Å²) in [6.07, 6.45) is 6.65. The molecule has 2 fully saturated rings. The lowest BCUT2D eigenvalue weighted by molar-refractivity contribution is 0.0329. The summed E-state index contributed by atoms with van der Waals surface area (Å²) in [6, 6.07) is 15.2. The summed E-state index contributed by atoms with van der Waals surface area (Å²) in [4.78, 5) is 30.8. The highest BCUT2D eigenvalue weighted by Gasteiger charge is 2.38. The van der Waals surface area contributed by atoms with Gasteiger partial charge >= 0.3 is 0 Å². The number of carbonyl (C=O) groups excluding carboxylic acids is 2. The Hall–Kier alpha value is -3.92. The van der Waals surface area contributed by atoms with Crippen molar-refractivity contribution in [1.82, 2.24) is 24.8 Å². The van der Waals surface area contributed by atoms with Gasteiger partial charge in [0, 0.05) is 37.2 Å². The number of nitrogens with zero attached hydrogens (tertiary/aromatic N) is 5. The number of hydrogen-bond donors (Lipinski definition) is 0. The number of aromatic nitrogens is 3. The second-order valence-corrected chi connectivity index (χ2v) is 12.1. The number of likely N-dealkylation sites (tertiary alicyclic amines) is 1. The normalized spacial score (nSPS) is 21.1. The van der Waals surface area contributed by atoms with Crippen molar-refractivity contribution in [3.63, 3.8) is 0 Å². The third-order valence-electron chi connectivity index (χ3n) is 9.35. The summed E-state index contributed by atoms with van der Waals surface area (Å²) in [5.41, 5.74) is 2.51. The van der Waals surface area contributed by atoms with E-state index in [0.29, 0.717) is 49.9 Å². The zero-order valence-corrected chi connectivity index (χ0v) is 25.2. The number of hydrogen-bond acceptors (Lipinski definition) is 7. The van der Waals surface area contributed by atoms with Crippen LogP contribution in [0, 0.1) is 12.3 Å². The van der Waals surface area contributed by atoms with Crippen LogP contribution in [-0.4, -0.2) is 89.2 Å². The monoisotopic (exact) mass is 587 g/mol. The van der Waals surface area contributed by atoms with Gasteiger partial charge in [-0.3, -0.25) is 9.59 Å². The first-order valence-corrected chi connectivity index (χ1v) is 15.4. The molecule has 1 aromatic heterocycles. The molecular weight excluding hydrogens is 546 g/mol. The summed E-state index contributed by atoms with van der Waals surface area (Å²) >= 11 is 0. The van der Waals surface area contributed by atoms with Gasteiger partial charge in [-0.2, -0.15) is 0 Å². The van der Waals surface area contributed by atoms with E-state index in [2.05, 4.69) is 10.3 Å². The van der Waals surface area contributed by atoms with E-state index in [-0.39, 0.29) is 23.3 Å². The van der Waals surface area contributed by atoms with Crippen LogP contribution < -0.4 is 9.47 Å². The second-order valence-electron chi connectivity index (χ2n) is 12.1. The lowest BCUT2D eigenvalue weighted by Gasteiger charge is -2.41. The maximum atomic E-state index is 13.6. The maximum absolute atomic E-state index is 13.6. The minimum Gasteiger partial charge on any atom is -0.497 e. The SMILES string of the molecule is COc1ccc(-n2nnc(C(=O)N3CCC4(CCCCOC[C@@H]5CCCN5C(=O)c5cccc(c5)OC4)CC3)c2C)cc1. The molecule has 2 amide bonds. The van der Waals surface area contributed by atoms with E-state index in [0.717, 1.165) is 68.7 Å². The van der Waals surface area contributed by atoms with E-state index in [9.17, 15) is 9.59 Å². The molecule has 10 heteroatoms. The molecule has 0 N–H and O–H groups in total. The van der Waals surface area contributed by atoms with Crippen LogP contribution in [0.25, 0.3) is 5.69 Å². The van der Waals surface area contributed by atoms with E-state index < -0.39 is 0 Å². The van der Waals surface area contributed by atoms with Crippen molar-refractivity contribution in [2.24, 2.45) is 5.41 Å². The molecule has 1 atom stereocenters. The number of fused-ring (bicyclic) bond motifs is 3. The Morgan fingerprint density at radius 2 is 1.84 bits per heavy atom. The number of methoxy groups -OCH3 is 1. The number of amides is 2. The third-order valence-corrected chi connectivity index (χ3v) is 9.35. The molecular formula is C33H41N5O5. The van der Waals surface area contributed by atoms with Crippen molar-refractivity contribution in [1.29, 1.82) is 0 Å². The Morgan fingerprint density at radius 1 is 1.02 bits per heavy atom. The zero-order valence-electron chi connectivity index (χ0n) is 25.2. The summed E-state index contributed by atoms with van der Waals surface area (Å²) < 4.78 is 19.4. The van der Waals surface area contributed by atoms with E-state index in [1.54, 1.807) is 11.8 Å². The summed E-state index contributed by atoms with van der Waals surface area (Å²) in [5, 5.41) is 8.55. The van der Waals surface area contributed by atoms with Gasteiger partial charge in [-0.15, -0.1) is 5.10 Å².